The molecule has 0 aliphatic carbocycles. The fourth-order valence-corrected chi connectivity index (χ4v) is 3.84. The molecule has 32 heavy (non-hydrogen) atoms. The van der Waals surface area contributed by atoms with Crippen LogP contribution in [0.25, 0.3) is 5.69 Å². The van der Waals surface area contributed by atoms with Crippen LogP contribution >= 0.6 is 0 Å². The highest BCUT2D eigenvalue weighted by Crippen LogP contribution is 2.20. The molecule has 3 aromatic rings. The first-order valence-corrected chi connectivity index (χ1v) is 10.5. The van der Waals surface area contributed by atoms with Crippen molar-refractivity contribution in [2.75, 3.05) is 13.1 Å². The van der Waals surface area contributed by atoms with Crippen molar-refractivity contribution in [3.8, 4) is 5.69 Å². The van der Waals surface area contributed by atoms with Gasteiger partial charge in [-0.1, -0.05) is 18.2 Å². The maximum atomic E-state index is 13.2. The molecule has 0 radical (unpaired) electrons. The van der Waals surface area contributed by atoms with Gasteiger partial charge in [0.2, 0.25) is 0 Å². The number of hydrogen-bond acceptors (Lipinski definition) is 5. The van der Waals surface area contributed by atoms with Crippen molar-refractivity contribution >= 4 is 17.5 Å². The van der Waals surface area contributed by atoms with Gasteiger partial charge < -0.3 is 10.2 Å². The first-order chi connectivity index (χ1) is 15.5. The summed E-state index contributed by atoms with van der Waals surface area (Å²) in [6.07, 6.45) is 4.36. The Hall–Kier alpha value is -4.01. The van der Waals surface area contributed by atoms with Gasteiger partial charge in [-0.15, -0.1) is 0 Å². The van der Waals surface area contributed by atoms with E-state index in [-0.39, 0.29) is 23.5 Å². The average molecular weight is 433 g/mol. The number of carbonyl (C=O) groups excluding carboxylic acids is 2. The molecule has 1 saturated heterocycles. The lowest BCUT2D eigenvalue weighted by molar-refractivity contribution is -0.384. The summed E-state index contributed by atoms with van der Waals surface area (Å²) in [6, 6.07) is 16.5. The predicted molar refractivity (Wildman–Crippen MR) is 118 cm³/mol. The largest absolute Gasteiger partial charge is 0.350 e. The molecule has 2 heterocycles. The van der Waals surface area contributed by atoms with E-state index in [0.717, 1.165) is 19.3 Å². The van der Waals surface area contributed by atoms with Crippen molar-refractivity contribution < 1.29 is 14.5 Å². The highest BCUT2D eigenvalue weighted by atomic mass is 16.6. The number of carbonyl (C=O) groups is 2. The van der Waals surface area contributed by atoms with Crippen molar-refractivity contribution in [2.45, 2.75) is 25.3 Å². The van der Waals surface area contributed by atoms with Gasteiger partial charge in [-0.25, -0.2) is 4.68 Å². The van der Waals surface area contributed by atoms with E-state index in [1.807, 2.05) is 18.2 Å². The Kier molecular flexibility index (Phi) is 6.25. The fraction of sp³-hybridized carbons (Fsp3) is 0.261. The molecule has 0 saturated carbocycles. The third kappa shape index (κ3) is 4.66. The Morgan fingerprint density at radius 2 is 1.81 bits per heavy atom. The van der Waals surface area contributed by atoms with Gasteiger partial charge in [0.15, 0.2) is 5.69 Å². The summed E-state index contributed by atoms with van der Waals surface area (Å²) < 4.78 is 1.52. The van der Waals surface area contributed by atoms with E-state index in [1.165, 1.54) is 16.8 Å². The summed E-state index contributed by atoms with van der Waals surface area (Å²) >= 11 is 0. The lowest BCUT2D eigenvalue weighted by atomic mass is 10.0. The standard InChI is InChI=1S/C23H23N5O4/c29-22(17-6-2-1-3-7-17)24-16-20-8-4-5-14-26(20)23(30)21-13-15-27(25-21)18-9-11-19(12-10-18)28(31)32/h1-3,6-7,9-13,15,20H,4-5,8,14,16H2,(H,24,29)/t20-/m1/s1. The Morgan fingerprint density at radius 3 is 2.53 bits per heavy atom. The van der Waals surface area contributed by atoms with Gasteiger partial charge in [-0.05, 0) is 49.6 Å². The normalized spacial score (nSPS) is 15.9. The fourth-order valence-electron chi connectivity index (χ4n) is 3.84. The molecular weight excluding hydrogens is 410 g/mol. The molecule has 0 unspecified atom stereocenters. The van der Waals surface area contributed by atoms with Crippen LogP contribution in [-0.4, -0.2) is 50.5 Å². The Bertz CT molecular complexity index is 1110. The number of likely N-dealkylation sites (tertiary alicyclic amines) is 1. The number of nitro groups is 1. The van der Waals surface area contributed by atoms with E-state index in [9.17, 15) is 19.7 Å². The van der Waals surface area contributed by atoms with Crippen molar-refractivity contribution in [2.24, 2.45) is 0 Å². The molecule has 0 spiro atoms. The van der Waals surface area contributed by atoms with Crippen LogP contribution in [0, 0.1) is 10.1 Å². The summed E-state index contributed by atoms with van der Waals surface area (Å²) in [7, 11) is 0. The zero-order chi connectivity index (χ0) is 22.5. The minimum Gasteiger partial charge on any atom is -0.350 e. The van der Waals surface area contributed by atoms with Crippen LogP contribution in [-0.2, 0) is 0 Å². The van der Waals surface area contributed by atoms with E-state index in [4.69, 9.17) is 0 Å². The van der Waals surface area contributed by atoms with Crippen molar-refractivity contribution in [3.63, 3.8) is 0 Å². The Morgan fingerprint density at radius 1 is 1.06 bits per heavy atom. The number of benzene rings is 2. The third-order valence-corrected chi connectivity index (χ3v) is 5.56. The van der Waals surface area contributed by atoms with Gasteiger partial charge in [0.25, 0.3) is 17.5 Å². The van der Waals surface area contributed by atoms with Gasteiger partial charge in [0.05, 0.1) is 10.6 Å². The lowest BCUT2D eigenvalue weighted by Gasteiger charge is -2.35. The van der Waals surface area contributed by atoms with Crippen molar-refractivity contribution in [1.82, 2.24) is 20.0 Å². The number of nitro benzene ring substituents is 1. The Balaban J connectivity index is 1.44. The molecule has 2 amide bonds. The first-order valence-electron chi connectivity index (χ1n) is 10.5. The van der Waals surface area contributed by atoms with E-state index < -0.39 is 4.92 Å². The number of nitrogens with one attached hydrogen (secondary N) is 1. The lowest BCUT2D eigenvalue weighted by Crippen LogP contribution is -2.49. The molecule has 164 valence electrons. The van der Waals surface area contributed by atoms with E-state index in [0.29, 0.717) is 30.0 Å². The molecule has 1 aliphatic rings. The summed E-state index contributed by atoms with van der Waals surface area (Å²) in [5.74, 6) is -0.352. The first kappa shape index (κ1) is 21.2. The van der Waals surface area contributed by atoms with E-state index >= 15 is 0 Å². The van der Waals surface area contributed by atoms with Gasteiger partial charge in [0.1, 0.15) is 0 Å². The van der Waals surface area contributed by atoms with Crippen LogP contribution < -0.4 is 5.32 Å². The number of nitrogens with zero attached hydrogens (tertiary/aromatic N) is 4. The van der Waals surface area contributed by atoms with Gasteiger partial charge in [0, 0.05) is 43.0 Å². The summed E-state index contributed by atoms with van der Waals surface area (Å²) in [5.41, 5.74) is 1.50. The van der Waals surface area contributed by atoms with Crippen LogP contribution in [0.4, 0.5) is 5.69 Å². The monoisotopic (exact) mass is 433 g/mol. The zero-order valence-electron chi connectivity index (χ0n) is 17.4. The molecule has 1 aromatic heterocycles. The second kappa shape index (κ2) is 9.42. The maximum absolute atomic E-state index is 13.2. The van der Waals surface area contributed by atoms with E-state index in [2.05, 4.69) is 10.4 Å². The SMILES string of the molecule is O=C(NC[C@H]1CCCCN1C(=O)c1ccn(-c2ccc([N+](=O)[O-])cc2)n1)c1ccccc1. The van der Waals surface area contributed by atoms with Crippen molar-refractivity contribution in [3.05, 3.63) is 88.2 Å². The number of aromatic nitrogens is 2. The highest BCUT2D eigenvalue weighted by molar-refractivity contribution is 5.94. The Labute approximate surface area is 184 Å². The molecule has 2 aromatic carbocycles. The predicted octanol–water partition coefficient (Wildman–Crippen LogP) is 3.21. The molecule has 9 nitrogen and oxygen atoms in total. The molecular formula is C23H23N5O4. The summed E-state index contributed by atoms with van der Waals surface area (Å²) in [4.78, 5) is 37.7. The zero-order valence-corrected chi connectivity index (χ0v) is 17.4. The molecule has 4 rings (SSSR count). The highest BCUT2D eigenvalue weighted by Gasteiger charge is 2.29. The molecule has 1 N–H and O–H groups in total. The van der Waals surface area contributed by atoms with Crippen LogP contribution in [0.5, 0.6) is 0 Å². The van der Waals surface area contributed by atoms with Crippen LogP contribution in [0.2, 0.25) is 0 Å². The second-order valence-corrected chi connectivity index (χ2v) is 7.64. The summed E-state index contributed by atoms with van der Waals surface area (Å²) in [5, 5.41) is 18.1. The number of amides is 2. The molecule has 1 atom stereocenters. The van der Waals surface area contributed by atoms with Crippen LogP contribution in [0.3, 0.4) is 0 Å². The van der Waals surface area contributed by atoms with Gasteiger partial charge in [-0.2, -0.15) is 5.10 Å². The quantitative estimate of drug-likeness (QED) is 0.474. The molecule has 0 bridgehead atoms. The molecule has 1 aliphatic heterocycles. The van der Waals surface area contributed by atoms with E-state index in [1.54, 1.807) is 41.4 Å². The minimum atomic E-state index is -0.463. The average Bonchev–Trinajstić information content (AvgIpc) is 3.33. The number of piperidine rings is 1. The summed E-state index contributed by atoms with van der Waals surface area (Å²) in [6.45, 7) is 0.984. The third-order valence-electron chi connectivity index (χ3n) is 5.56. The van der Waals surface area contributed by atoms with Crippen molar-refractivity contribution in [1.29, 1.82) is 0 Å². The topological polar surface area (TPSA) is 110 Å². The van der Waals surface area contributed by atoms with Gasteiger partial charge >= 0.3 is 0 Å². The second-order valence-electron chi connectivity index (χ2n) is 7.64. The maximum Gasteiger partial charge on any atom is 0.274 e. The molecule has 9 heteroatoms. The molecule has 1 fully saturated rings. The number of hydrogen-bond donors (Lipinski definition) is 1. The smallest absolute Gasteiger partial charge is 0.274 e. The minimum absolute atomic E-state index is 0.00841. The van der Waals surface area contributed by atoms with Crippen LogP contribution in [0.15, 0.2) is 66.9 Å². The number of non-ortho nitro benzene ring substituents is 1. The van der Waals surface area contributed by atoms with Gasteiger partial charge in [-0.3, -0.25) is 19.7 Å². The number of rotatable bonds is 6. The van der Waals surface area contributed by atoms with Crippen LogP contribution in [0.1, 0.15) is 40.1 Å².